The highest BCUT2D eigenvalue weighted by Crippen LogP contribution is 2.73. The molecule has 8 atom stereocenters. The first-order chi connectivity index (χ1) is 22.8. The van der Waals surface area contributed by atoms with Crippen molar-refractivity contribution in [2.24, 2.45) is 22.2 Å². The molecule has 0 radical (unpaired) electrons. The van der Waals surface area contributed by atoms with Gasteiger partial charge < -0.3 is 29.9 Å². The van der Waals surface area contributed by atoms with Crippen molar-refractivity contribution in [3.63, 3.8) is 0 Å². The monoisotopic (exact) mass is 670 g/mol. The number of phenols is 2. The van der Waals surface area contributed by atoms with Crippen LogP contribution in [-0.2, 0) is 19.2 Å². The van der Waals surface area contributed by atoms with Crippen molar-refractivity contribution in [3.05, 3.63) is 47.0 Å². The number of hydrogen-bond acceptors (Lipinski definition) is 12. The molecule has 0 unspecified atom stereocenters. The van der Waals surface area contributed by atoms with Crippen LogP contribution in [0.4, 0.5) is 0 Å². The Hall–Kier alpha value is -4.68. The fourth-order valence-electron chi connectivity index (χ4n) is 10.3. The Morgan fingerprint density at radius 2 is 1.39 bits per heavy atom. The van der Waals surface area contributed by atoms with Crippen LogP contribution in [0.25, 0.3) is 11.1 Å². The van der Waals surface area contributed by atoms with Gasteiger partial charge in [-0.25, -0.2) is 0 Å². The molecular weight excluding hydrogens is 636 g/mol. The average Bonchev–Trinajstić information content (AvgIpc) is 3.32. The molecule has 49 heavy (non-hydrogen) atoms. The minimum Gasteiger partial charge on any atom is -0.506 e. The summed E-state index contributed by atoms with van der Waals surface area (Å²) < 4.78 is 12.1. The van der Waals surface area contributed by atoms with Gasteiger partial charge in [0.1, 0.15) is 51.4 Å². The third-order valence-corrected chi connectivity index (χ3v) is 13.2. The van der Waals surface area contributed by atoms with E-state index in [9.17, 15) is 49.2 Å². The SMILES string of the molecule is CC1=CC(=O)[C@]2(O)C(=O)c3c(ccc(-c4ccc5c(c4O)C(=O)[C@@]46C[C@@]7(C(=O)CC[C@@H]7C)[C@@](C)(CC4=O)C(=O)[C@]6(C)O5)c3O)O[C@@]2(C)[C@H]1O. The zero-order valence-electron chi connectivity index (χ0n) is 27.4. The summed E-state index contributed by atoms with van der Waals surface area (Å²) in [6.45, 7) is 7.52. The van der Waals surface area contributed by atoms with Crippen molar-refractivity contribution in [1.82, 2.24) is 0 Å². The van der Waals surface area contributed by atoms with Gasteiger partial charge in [-0.3, -0.25) is 28.8 Å². The quantitative estimate of drug-likeness (QED) is 0.324. The van der Waals surface area contributed by atoms with Gasteiger partial charge in [-0.05, 0) is 75.4 Å². The van der Waals surface area contributed by atoms with Gasteiger partial charge in [0.05, 0.1) is 5.41 Å². The van der Waals surface area contributed by atoms with Crippen molar-refractivity contribution < 1.29 is 58.7 Å². The second kappa shape index (κ2) is 8.91. The Kier molecular flexibility index (Phi) is 5.74. The van der Waals surface area contributed by atoms with E-state index in [0.29, 0.717) is 6.42 Å². The molecule has 4 N–H and O–H groups in total. The van der Waals surface area contributed by atoms with Crippen LogP contribution in [0.15, 0.2) is 35.9 Å². The van der Waals surface area contributed by atoms with Crippen molar-refractivity contribution >= 4 is 34.7 Å². The Bertz CT molecular complexity index is 2100. The molecule has 2 aromatic carbocycles. The van der Waals surface area contributed by atoms with E-state index in [4.69, 9.17) is 9.47 Å². The molecule has 4 fully saturated rings. The fourth-order valence-corrected chi connectivity index (χ4v) is 10.3. The van der Waals surface area contributed by atoms with E-state index in [1.54, 1.807) is 6.92 Å². The predicted octanol–water partition coefficient (Wildman–Crippen LogP) is 2.98. The number of carbonyl (C=O) groups excluding carboxylic acids is 6. The minimum atomic E-state index is -2.91. The first-order valence-corrected chi connectivity index (χ1v) is 16.2. The lowest BCUT2D eigenvalue weighted by Gasteiger charge is -2.66. The number of phenolic OH excluding ortho intramolecular Hbond substituents is 2. The van der Waals surface area contributed by atoms with Gasteiger partial charge in [-0.1, -0.05) is 13.8 Å². The molecule has 0 saturated heterocycles. The topological polar surface area (TPSA) is 202 Å². The standard InChI is InChI=1S/C37H34O12/c1-15-12-22(39)37(47)30(45)25-20(48-33(37,4)28(15)43)10-8-18(27(25)42)17-7-9-19-24(26(17)41)29(44)36-14-35(16(2)6-11-21(35)38)32(3,13-23(36)40)31(46)34(36,5)49-19/h7-10,12,16,28,41-43,47H,6,11,13-14H2,1-5H3/t16-,28-,32-,33-,34-,35+,36+,37-/m0/s1. The molecule has 2 bridgehead atoms. The molecule has 2 aromatic rings. The molecule has 2 aliphatic heterocycles. The summed E-state index contributed by atoms with van der Waals surface area (Å²) in [5.74, 6) is -6.67. The second-order valence-corrected chi connectivity index (χ2v) is 15.2. The molecule has 4 saturated carbocycles. The molecule has 5 aliphatic carbocycles. The number of aliphatic hydroxyl groups is 2. The fraction of sp³-hybridized carbons (Fsp3) is 0.459. The maximum atomic E-state index is 14.8. The van der Waals surface area contributed by atoms with Gasteiger partial charge in [-0.2, -0.15) is 0 Å². The lowest BCUT2D eigenvalue weighted by Crippen LogP contribution is -2.81. The van der Waals surface area contributed by atoms with Crippen LogP contribution in [0.2, 0.25) is 0 Å². The lowest BCUT2D eigenvalue weighted by atomic mass is 9.34. The number of Topliss-reactive ketones (excluding diaryl/α,β-unsaturated/α-hetero) is 5. The summed E-state index contributed by atoms with van der Waals surface area (Å²) in [5.41, 5.74) is -13.0. The zero-order chi connectivity index (χ0) is 35.6. The highest BCUT2D eigenvalue weighted by atomic mass is 16.5. The molecular formula is C37H34O12. The molecule has 12 nitrogen and oxygen atoms in total. The largest absolute Gasteiger partial charge is 0.506 e. The van der Waals surface area contributed by atoms with Crippen LogP contribution >= 0.6 is 0 Å². The first-order valence-electron chi connectivity index (χ1n) is 16.2. The van der Waals surface area contributed by atoms with Gasteiger partial charge in [0.2, 0.25) is 11.4 Å². The average molecular weight is 671 g/mol. The molecule has 12 heteroatoms. The Morgan fingerprint density at radius 3 is 1.96 bits per heavy atom. The number of aromatic hydroxyl groups is 2. The third kappa shape index (κ3) is 3.03. The summed E-state index contributed by atoms with van der Waals surface area (Å²) in [6, 6.07) is 5.13. The van der Waals surface area contributed by atoms with Crippen molar-refractivity contribution in [3.8, 4) is 34.1 Å². The Balaban J connectivity index is 1.29. The summed E-state index contributed by atoms with van der Waals surface area (Å²) in [5, 5.41) is 45.6. The minimum absolute atomic E-state index is 0.161. The van der Waals surface area contributed by atoms with Crippen LogP contribution in [0.5, 0.6) is 23.0 Å². The highest BCUT2D eigenvalue weighted by molar-refractivity contribution is 6.28. The molecule has 2 heterocycles. The molecule has 2 spiro atoms. The van der Waals surface area contributed by atoms with Crippen LogP contribution < -0.4 is 9.47 Å². The van der Waals surface area contributed by atoms with Crippen molar-refractivity contribution in [2.75, 3.05) is 0 Å². The van der Waals surface area contributed by atoms with E-state index in [-0.39, 0.29) is 59.2 Å². The molecule has 7 aliphatic rings. The maximum Gasteiger partial charge on any atom is 0.233 e. The van der Waals surface area contributed by atoms with E-state index >= 15 is 0 Å². The van der Waals surface area contributed by atoms with Crippen LogP contribution in [0.3, 0.4) is 0 Å². The van der Waals surface area contributed by atoms with E-state index in [2.05, 4.69) is 0 Å². The highest BCUT2D eigenvalue weighted by Gasteiger charge is 2.84. The third-order valence-electron chi connectivity index (χ3n) is 13.2. The summed E-state index contributed by atoms with van der Waals surface area (Å²) in [7, 11) is 0. The van der Waals surface area contributed by atoms with Crippen molar-refractivity contribution in [2.45, 2.75) is 83.2 Å². The number of benzene rings is 2. The number of hydrogen-bond donors (Lipinski definition) is 4. The van der Waals surface area contributed by atoms with Crippen LogP contribution in [0, 0.1) is 22.2 Å². The first kappa shape index (κ1) is 31.6. The number of ether oxygens (including phenoxy) is 2. The van der Waals surface area contributed by atoms with Gasteiger partial charge in [0, 0.05) is 29.4 Å². The maximum absolute atomic E-state index is 14.8. The zero-order valence-corrected chi connectivity index (χ0v) is 27.4. The molecule has 9 rings (SSSR count). The van der Waals surface area contributed by atoms with Gasteiger partial charge in [0.15, 0.2) is 34.3 Å². The van der Waals surface area contributed by atoms with Crippen molar-refractivity contribution in [1.29, 1.82) is 0 Å². The number of ketones is 6. The Morgan fingerprint density at radius 1 is 0.816 bits per heavy atom. The summed E-state index contributed by atoms with van der Waals surface area (Å²) in [4.78, 5) is 83.9. The Labute approximate surface area is 279 Å². The van der Waals surface area contributed by atoms with E-state index in [1.165, 1.54) is 45.0 Å². The van der Waals surface area contributed by atoms with E-state index in [0.717, 1.165) is 6.08 Å². The van der Waals surface area contributed by atoms with Gasteiger partial charge in [0.25, 0.3) is 0 Å². The number of carbonyl (C=O) groups is 6. The van der Waals surface area contributed by atoms with E-state index < -0.39 is 90.7 Å². The second-order valence-electron chi connectivity index (χ2n) is 15.2. The normalized spacial score (nSPS) is 40.3. The van der Waals surface area contributed by atoms with Gasteiger partial charge in [-0.15, -0.1) is 0 Å². The predicted molar refractivity (Wildman–Crippen MR) is 167 cm³/mol. The molecule has 0 aromatic heterocycles. The van der Waals surface area contributed by atoms with Crippen LogP contribution in [0.1, 0.15) is 81.0 Å². The molecule has 254 valence electrons. The number of rotatable bonds is 1. The summed E-state index contributed by atoms with van der Waals surface area (Å²) in [6.07, 6.45) is -0.494. The number of aliphatic hydroxyl groups excluding tert-OH is 1. The van der Waals surface area contributed by atoms with E-state index in [1.807, 2.05) is 6.92 Å². The summed E-state index contributed by atoms with van der Waals surface area (Å²) >= 11 is 0. The molecule has 0 amide bonds. The lowest BCUT2D eigenvalue weighted by molar-refractivity contribution is -0.207. The number of fused-ring (bicyclic) bond motifs is 4. The smallest absolute Gasteiger partial charge is 0.233 e. The van der Waals surface area contributed by atoms with Crippen LogP contribution in [-0.4, -0.2) is 78.0 Å². The van der Waals surface area contributed by atoms with Gasteiger partial charge >= 0.3 is 0 Å².